The minimum Gasteiger partial charge on any atom is -0.303 e. The van der Waals surface area contributed by atoms with Crippen molar-refractivity contribution >= 4 is 22.2 Å². The predicted octanol–water partition coefficient (Wildman–Crippen LogP) is 3.76. The van der Waals surface area contributed by atoms with Crippen molar-refractivity contribution in [2.75, 3.05) is 0 Å². The number of hydrogen-bond donors (Lipinski definition) is 0. The van der Waals surface area contributed by atoms with Crippen molar-refractivity contribution in [3.63, 3.8) is 0 Å². The van der Waals surface area contributed by atoms with Crippen LogP contribution in [-0.4, -0.2) is 6.29 Å². The molecule has 0 bridgehead atoms. The van der Waals surface area contributed by atoms with E-state index in [1.807, 2.05) is 0 Å². The van der Waals surface area contributed by atoms with Crippen LogP contribution < -0.4 is 0 Å². The van der Waals surface area contributed by atoms with Crippen LogP contribution in [0.3, 0.4) is 0 Å². The molecule has 14 heavy (non-hydrogen) atoms. The first-order chi connectivity index (χ1) is 6.57. The summed E-state index contributed by atoms with van der Waals surface area (Å²) in [5, 5.41) is 0. The SMILES string of the molecule is Cc1ccc(Br)c(C(C)CC=O)c1C. The van der Waals surface area contributed by atoms with Crippen molar-refractivity contribution in [2.24, 2.45) is 0 Å². The number of benzene rings is 1. The third-order valence-corrected chi connectivity index (χ3v) is 3.37. The first-order valence-electron chi connectivity index (χ1n) is 4.77. The highest BCUT2D eigenvalue weighted by atomic mass is 79.9. The van der Waals surface area contributed by atoms with Crippen LogP contribution in [-0.2, 0) is 4.79 Å². The van der Waals surface area contributed by atoms with Gasteiger partial charge in [0.1, 0.15) is 6.29 Å². The Labute approximate surface area is 93.7 Å². The lowest BCUT2D eigenvalue weighted by atomic mass is 9.92. The number of carbonyl (C=O) groups excluding carboxylic acids is 1. The minimum atomic E-state index is 0.293. The molecule has 1 unspecified atom stereocenters. The Kier molecular flexibility index (Phi) is 3.87. The van der Waals surface area contributed by atoms with Crippen LogP contribution in [0.25, 0.3) is 0 Å². The van der Waals surface area contributed by atoms with Crippen molar-refractivity contribution in [2.45, 2.75) is 33.1 Å². The highest BCUT2D eigenvalue weighted by Gasteiger charge is 2.12. The summed E-state index contributed by atoms with van der Waals surface area (Å²) in [6.45, 7) is 6.29. The zero-order valence-corrected chi connectivity index (χ0v) is 10.4. The second kappa shape index (κ2) is 4.74. The number of carbonyl (C=O) groups is 1. The van der Waals surface area contributed by atoms with Crippen molar-refractivity contribution in [3.05, 3.63) is 33.3 Å². The lowest BCUT2D eigenvalue weighted by Crippen LogP contribution is -2.00. The third-order valence-electron chi connectivity index (χ3n) is 2.68. The van der Waals surface area contributed by atoms with Gasteiger partial charge in [0.25, 0.3) is 0 Å². The summed E-state index contributed by atoms with van der Waals surface area (Å²) in [6.07, 6.45) is 1.57. The van der Waals surface area contributed by atoms with Crippen molar-refractivity contribution in [1.82, 2.24) is 0 Å². The summed E-state index contributed by atoms with van der Waals surface area (Å²) in [4.78, 5) is 10.5. The van der Waals surface area contributed by atoms with E-state index in [4.69, 9.17) is 0 Å². The quantitative estimate of drug-likeness (QED) is 0.751. The third kappa shape index (κ3) is 2.24. The maximum absolute atomic E-state index is 10.5. The van der Waals surface area contributed by atoms with Crippen LogP contribution in [0.2, 0.25) is 0 Å². The number of halogens is 1. The van der Waals surface area contributed by atoms with Crippen LogP contribution >= 0.6 is 15.9 Å². The second-order valence-electron chi connectivity index (χ2n) is 3.71. The van der Waals surface area contributed by atoms with E-state index in [0.29, 0.717) is 12.3 Å². The van der Waals surface area contributed by atoms with E-state index in [1.54, 1.807) is 0 Å². The summed E-state index contributed by atoms with van der Waals surface area (Å²) >= 11 is 3.54. The van der Waals surface area contributed by atoms with Gasteiger partial charge in [-0.05, 0) is 42.5 Å². The van der Waals surface area contributed by atoms with Crippen LogP contribution in [0.15, 0.2) is 16.6 Å². The summed E-state index contributed by atoms with van der Waals surface area (Å²) in [7, 11) is 0. The predicted molar refractivity (Wildman–Crippen MR) is 62.7 cm³/mol. The zero-order valence-electron chi connectivity index (χ0n) is 8.80. The highest BCUT2D eigenvalue weighted by Crippen LogP contribution is 2.31. The smallest absolute Gasteiger partial charge is 0.120 e. The minimum absolute atomic E-state index is 0.293. The number of aryl methyl sites for hydroxylation is 1. The van der Waals surface area contributed by atoms with E-state index >= 15 is 0 Å². The molecule has 0 amide bonds. The molecule has 0 fully saturated rings. The Balaban J connectivity index is 3.17. The van der Waals surface area contributed by atoms with Crippen LogP contribution in [0.1, 0.15) is 36.0 Å². The molecular formula is C12H15BrO. The van der Waals surface area contributed by atoms with Gasteiger partial charge in [-0.3, -0.25) is 0 Å². The summed E-state index contributed by atoms with van der Waals surface area (Å²) in [5.74, 6) is 0.293. The van der Waals surface area contributed by atoms with E-state index in [1.165, 1.54) is 16.7 Å². The van der Waals surface area contributed by atoms with Gasteiger partial charge in [0.15, 0.2) is 0 Å². The van der Waals surface area contributed by atoms with Crippen LogP contribution in [0.5, 0.6) is 0 Å². The molecule has 0 aliphatic rings. The molecular weight excluding hydrogens is 240 g/mol. The average Bonchev–Trinajstić information content (AvgIpc) is 2.13. The largest absolute Gasteiger partial charge is 0.303 e. The van der Waals surface area contributed by atoms with Crippen LogP contribution in [0, 0.1) is 13.8 Å². The Hall–Kier alpha value is -0.630. The first-order valence-corrected chi connectivity index (χ1v) is 5.56. The van der Waals surface area contributed by atoms with E-state index in [2.05, 4.69) is 48.8 Å². The lowest BCUT2D eigenvalue weighted by molar-refractivity contribution is -0.108. The van der Waals surface area contributed by atoms with Gasteiger partial charge in [-0.25, -0.2) is 0 Å². The molecule has 0 aliphatic heterocycles. The fourth-order valence-electron chi connectivity index (χ4n) is 1.67. The van der Waals surface area contributed by atoms with Crippen molar-refractivity contribution in [1.29, 1.82) is 0 Å². The summed E-state index contributed by atoms with van der Waals surface area (Å²) in [6, 6.07) is 4.15. The van der Waals surface area contributed by atoms with Gasteiger partial charge in [0.05, 0.1) is 0 Å². The van der Waals surface area contributed by atoms with Gasteiger partial charge in [0, 0.05) is 10.9 Å². The molecule has 0 aliphatic carbocycles. The molecule has 76 valence electrons. The molecule has 0 radical (unpaired) electrons. The number of aldehydes is 1. The van der Waals surface area contributed by atoms with Gasteiger partial charge < -0.3 is 4.79 Å². The molecule has 0 heterocycles. The van der Waals surface area contributed by atoms with Gasteiger partial charge in [-0.15, -0.1) is 0 Å². The Morgan fingerprint density at radius 2 is 2.07 bits per heavy atom. The molecule has 1 nitrogen and oxygen atoms in total. The molecule has 0 saturated heterocycles. The normalized spacial score (nSPS) is 12.6. The molecule has 2 heteroatoms. The maximum atomic E-state index is 10.5. The average molecular weight is 255 g/mol. The van der Waals surface area contributed by atoms with Gasteiger partial charge >= 0.3 is 0 Å². The zero-order chi connectivity index (χ0) is 10.7. The molecule has 1 rings (SSSR count). The summed E-state index contributed by atoms with van der Waals surface area (Å²) < 4.78 is 1.11. The van der Waals surface area contributed by atoms with Crippen LogP contribution in [0.4, 0.5) is 0 Å². The highest BCUT2D eigenvalue weighted by molar-refractivity contribution is 9.10. The number of rotatable bonds is 3. The molecule has 1 aromatic rings. The lowest BCUT2D eigenvalue weighted by Gasteiger charge is -2.16. The fraction of sp³-hybridized carbons (Fsp3) is 0.417. The van der Waals surface area contributed by atoms with Gasteiger partial charge in [0.2, 0.25) is 0 Å². The number of hydrogen-bond acceptors (Lipinski definition) is 1. The maximum Gasteiger partial charge on any atom is 0.120 e. The molecule has 1 aromatic carbocycles. The van der Waals surface area contributed by atoms with Crippen molar-refractivity contribution < 1.29 is 4.79 Å². The van der Waals surface area contributed by atoms with Crippen molar-refractivity contribution in [3.8, 4) is 0 Å². The molecule has 1 atom stereocenters. The molecule has 0 saturated carbocycles. The monoisotopic (exact) mass is 254 g/mol. The van der Waals surface area contributed by atoms with E-state index < -0.39 is 0 Å². The van der Waals surface area contributed by atoms with E-state index in [0.717, 1.165) is 10.8 Å². The van der Waals surface area contributed by atoms with Gasteiger partial charge in [-0.2, -0.15) is 0 Å². The first kappa shape index (κ1) is 11.4. The van der Waals surface area contributed by atoms with Gasteiger partial charge in [-0.1, -0.05) is 28.9 Å². The molecule has 0 N–H and O–H groups in total. The topological polar surface area (TPSA) is 17.1 Å². The fourth-order valence-corrected chi connectivity index (χ4v) is 2.49. The standard InChI is InChI=1S/C12H15BrO/c1-8-4-5-11(13)12(10(8)3)9(2)6-7-14/h4-5,7,9H,6H2,1-3H3. The molecule has 0 spiro atoms. The van der Waals surface area contributed by atoms with E-state index in [9.17, 15) is 4.79 Å². The van der Waals surface area contributed by atoms with E-state index in [-0.39, 0.29) is 0 Å². The Morgan fingerprint density at radius 3 is 2.64 bits per heavy atom. The second-order valence-corrected chi connectivity index (χ2v) is 4.56. The summed E-state index contributed by atoms with van der Waals surface area (Å²) in [5.41, 5.74) is 3.83. The Morgan fingerprint density at radius 1 is 1.43 bits per heavy atom. The molecule has 0 aromatic heterocycles. The Bertz CT molecular complexity index is 344.